The predicted octanol–water partition coefficient (Wildman–Crippen LogP) is -2.11. The maximum Gasteiger partial charge on any atom is 3.00 e. The molecule has 0 aliphatic carbocycles. The Morgan fingerprint density at radius 1 is 0.500 bits per heavy atom. The van der Waals surface area contributed by atoms with Gasteiger partial charge in [-0.1, -0.05) is 0 Å². The van der Waals surface area contributed by atoms with Gasteiger partial charge in [-0.25, -0.2) is 0 Å². The molecule has 0 N–H and O–H groups in total. The average Bonchev–Trinajstić information content (AvgIpc) is 2.14. The number of carbonyl (C=O) groups excluding carboxylic acids is 3. The third kappa shape index (κ3) is 20.6. The number of hydrogen-bond donors (Lipinski definition) is 0. The first-order valence-electron chi connectivity index (χ1n) is 3.68. The van der Waals surface area contributed by atoms with Gasteiger partial charge in [-0.2, -0.15) is 39.5 Å². The molecule has 0 aromatic rings. The fourth-order valence-electron chi connectivity index (χ4n) is 0. The van der Waals surface area contributed by atoms with E-state index in [4.69, 9.17) is 29.7 Å². The van der Waals surface area contributed by atoms with Gasteiger partial charge in [0.2, 0.25) is 0 Å². The molecule has 133 valence electrons. The van der Waals surface area contributed by atoms with Gasteiger partial charge in [0.25, 0.3) is 0 Å². The monoisotopic (exact) mass is 397 g/mol. The van der Waals surface area contributed by atoms with Crippen molar-refractivity contribution in [2.75, 3.05) is 0 Å². The average molecular weight is 398 g/mol. The molecule has 0 aromatic heterocycles. The van der Waals surface area contributed by atoms with Gasteiger partial charge >= 0.3 is 35.0 Å². The molecule has 16 heteroatoms. The summed E-state index contributed by atoms with van der Waals surface area (Å²) in [5.74, 6) is -9.02. The molecule has 0 spiro atoms. The fraction of sp³-hybridized carbons (Fsp3) is 0.500. The molecular weight excluding hydrogens is 398 g/mol. The van der Waals surface area contributed by atoms with E-state index in [1.54, 1.807) is 0 Å². The van der Waals surface area contributed by atoms with Crippen molar-refractivity contribution < 1.29 is 85.7 Å². The van der Waals surface area contributed by atoms with Crippen molar-refractivity contribution in [1.82, 2.24) is 0 Å². The SMILES string of the molecule is O=C([O-])C(F)(F)F.O=C([O-])C(F)(F)F.O=C([O-])C(F)(F)F.[Ni+3]. The van der Waals surface area contributed by atoms with Gasteiger partial charge in [-0.3, -0.25) is 0 Å². The van der Waals surface area contributed by atoms with Crippen molar-refractivity contribution in [2.24, 2.45) is 0 Å². The van der Waals surface area contributed by atoms with Crippen molar-refractivity contribution in [3.8, 4) is 0 Å². The fourth-order valence-corrected chi connectivity index (χ4v) is 0. The maximum atomic E-state index is 10.5. The minimum absolute atomic E-state index is 0. The molecule has 0 amide bonds. The minimum atomic E-state index is -5.19. The molecule has 0 aromatic carbocycles. The van der Waals surface area contributed by atoms with E-state index in [9.17, 15) is 39.5 Å². The van der Waals surface area contributed by atoms with Gasteiger partial charge < -0.3 is 29.7 Å². The van der Waals surface area contributed by atoms with Gasteiger partial charge in [0.1, 0.15) is 17.9 Å². The molecule has 0 aliphatic heterocycles. The Morgan fingerprint density at radius 3 is 0.545 bits per heavy atom. The van der Waals surface area contributed by atoms with E-state index in [1.165, 1.54) is 0 Å². The van der Waals surface area contributed by atoms with Crippen LogP contribution in [0.2, 0.25) is 0 Å². The predicted molar refractivity (Wildman–Crippen MR) is 33.2 cm³/mol. The van der Waals surface area contributed by atoms with E-state index in [0.717, 1.165) is 0 Å². The third-order valence-corrected chi connectivity index (χ3v) is 0.694. The van der Waals surface area contributed by atoms with Crippen LogP contribution >= 0.6 is 0 Å². The van der Waals surface area contributed by atoms with E-state index in [1.807, 2.05) is 0 Å². The summed E-state index contributed by atoms with van der Waals surface area (Å²) in [6.07, 6.45) is -15.6. The summed E-state index contributed by atoms with van der Waals surface area (Å²) in [4.78, 5) is 26.4. The number of aliphatic carboxylic acids is 3. The topological polar surface area (TPSA) is 120 Å². The number of carboxylic acids is 3. The molecular formula is C6F9NiO6. The Bertz CT molecular complexity index is 313. The smallest absolute Gasteiger partial charge is 0.542 e. The van der Waals surface area contributed by atoms with Gasteiger partial charge in [0.05, 0.1) is 0 Å². The first-order valence-corrected chi connectivity index (χ1v) is 3.68. The number of rotatable bonds is 0. The summed E-state index contributed by atoms with van der Waals surface area (Å²) in [6.45, 7) is 0. The second-order valence-corrected chi connectivity index (χ2v) is 2.36. The Hall–Kier alpha value is -1.73. The quantitative estimate of drug-likeness (QED) is 0.341. The van der Waals surface area contributed by atoms with E-state index >= 15 is 0 Å². The summed E-state index contributed by atoms with van der Waals surface area (Å²) in [7, 11) is 0. The van der Waals surface area contributed by atoms with E-state index in [2.05, 4.69) is 0 Å². The Kier molecular flexibility index (Phi) is 13.0. The van der Waals surface area contributed by atoms with Gasteiger partial charge in [0, 0.05) is 0 Å². The number of carboxylic acid groups (broad SMARTS) is 3. The zero-order valence-electron chi connectivity index (χ0n) is 9.17. The van der Waals surface area contributed by atoms with Crippen molar-refractivity contribution in [1.29, 1.82) is 0 Å². The van der Waals surface area contributed by atoms with Crippen LogP contribution < -0.4 is 15.3 Å². The van der Waals surface area contributed by atoms with Crippen molar-refractivity contribution >= 4 is 17.9 Å². The summed E-state index contributed by atoms with van der Waals surface area (Å²) in [5.41, 5.74) is 0. The normalized spacial score (nSPS) is 10.8. The Morgan fingerprint density at radius 2 is 0.545 bits per heavy atom. The summed E-state index contributed by atoms with van der Waals surface area (Å²) >= 11 is 0. The van der Waals surface area contributed by atoms with Crippen LogP contribution in [-0.4, -0.2) is 36.4 Å². The molecule has 0 saturated carbocycles. The maximum absolute atomic E-state index is 10.5. The molecule has 6 nitrogen and oxygen atoms in total. The zero-order chi connectivity index (χ0) is 18.2. The van der Waals surface area contributed by atoms with E-state index in [0.29, 0.717) is 0 Å². The molecule has 0 bridgehead atoms. The van der Waals surface area contributed by atoms with Crippen LogP contribution in [0.15, 0.2) is 0 Å². The second kappa shape index (κ2) is 10.1. The van der Waals surface area contributed by atoms with Crippen molar-refractivity contribution in [3.63, 3.8) is 0 Å². The molecule has 0 unspecified atom stereocenters. The van der Waals surface area contributed by atoms with Crippen molar-refractivity contribution in [3.05, 3.63) is 0 Å². The van der Waals surface area contributed by atoms with E-state index < -0.39 is 36.4 Å². The summed E-state index contributed by atoms with van der Waals surface area (Å²) < 4.78 is 94.6. The standard InChI is InChI=1S/3C2HF3O2.Ni/c3*3-2(4,5)1(6)7;/h3*(H,6,7);/q;;;+3/p-3. The number of carbonyl (C=O) groups is 3. The Labute approximate surface area is 123 Å². The third-order valence-electron chi connectivity index (χ3n) is 0.694. The first-order chi connectivity index (χ1) is 8.83. The van der Waals surface area contributed by atoms with Crippen molar-refractivity contribution in [2.45, 2.75) is 18.5 Å². The van der Waals surface area contributed by atoms with Gasteiger partial charge in [0.15, 0.2) is 0 Å². The molecule has 22 heavy (non-hydrogen) atoms. The van der Waals surface area contributed by atoms with Gasteiger partial charge in [-0.05, 0) is 0 Å². The molecule has 0 atom stereocenters. The molecule has 0 rings (SSSR count). The summed E-state index contributed by atoms with van der Waals surface area (Å²) in [6, 6.07) is 0. The van der Waals surface area contributed by atoms with Crippen LogP contribution in [0.1, 0.15) is 0 Å². The second-order valence-electron chi connectivity index (χ2n) is 2.36. The molecule has 1 radical (unpaired) electrons. The van der Waals surface area contributed by atoms with Crippen LogP contribution in [0.3, 0.4) is 0 Å². The van der Waals surface area contributed by atoms with Crippen LogP contribution in [0, 0.1) is 0 Å². The van der Waals surface area contributed by atoms with Crippen LogP contribution in [-0.2, 0) is 30.9 Å². The van der Waals surface area contributed by atoms with Crippen LogP contribution in [0.4, 0.5) is 39.5 Å². The van der Waals surface area contributed by atoms with E-state index in [-0.39, 0.29) is 16.5 Å². The van der Waals surface area contributed by atoms with Crippen LogP contribution in [0.25, 0.3) is 0 Å². The molecule has 0 aliphatic rings. The number of hydrogen-bond acceptors (Lipinski definition) is 6. The molecule has 0 heterocycles. The zero-order valence-corrected chi connectivity index (χ0v) is 10.2. The van der Waals surface area contributed by atoms with Gasteiger partial charge in [-0.15, -0.1) is 0 Å². The minimum Gasteiger partial charge on any atom is -0.542 e. The Balaban J connectivity index is -0.000000108. The molecule has 0 fully saturated rings. The first kappa shape index (κ1) is 28.4. The summed E-state index contributed by atoms with van der Waals surface area (Å²) in [5, 5.41) is 26.4. The number of alkyl halides is 9. The largest absolute Gasteiger partial charge is 3.00 e. The van der Waals surface area contributed by atoms with Crippen LogP contribution in [0.5, 0.6) is 0 Å². The number of halogens is 9. The molecule has 0 saturated heterocycles.